The Morgan fingerprint density at radius 1 is 1.30 bits per heavy atom. The quantitative estimate of drug-likeness (QED) is 0.484. The molecule has 0 bridgehead atoms. The van der Waals surface area contributed by atoms with Crippen LogP contribution in [0.15, 0.2) is 29.4 Å². The number of nitrogens with one attached hydrogen (secondary N) is 1. The molecule has 2 heterocycles. The summed E-state index contributed by atoms with van der Waals surface area (Å²) < 4.78 is 1.91. The Bertz CT molecular complexity index is 1210. The SMILES string of the molecule is CC1CCc2c(sc(NC(=O)CSc3nnc(-c4ccc(C(C)(C)C)cc4)n3C)c2C#N)C1. The van der Waals surface area contributed by atoms with Crippen LogP contribution in [-0.4, -0.2) is 26.4 Å². The minimum absolute atomic E-state index is 0.0955. The molecule has 8 heteroatoms. The molecule has 6 nitrogen and oxygen atoms in total. The van der Waals surface area contributed by atoms with Crippen LogP contribution in [0.4, 0.5) is 5.00 Å². The zero-order valence-corrected chi connectivity index (χ0v) is 21.4. The van der Waals surface area contributed by atoms with Crippen LogP contribution in [-0.2, 0) is 30.1 Å². The Labute approximate surface area is 203 Å². The zero-order valence-electron chi connectivity index (χ0n) is 19.7. The van der Waals surface area contributed by atoms with Crippen molar-refractivity contribution in [2.24, 2.45) is 13.0 Å². The van der Waals surface area contributed by atoms with E-state index in [0.29, 0.717) is 21.6 Å². The van der Waals surface area contributed by atoms with Gasteiger partial charge in [-0.3, -0.25) is 4.79 Å². The summed E-state index contributed by atoms with van der Waals surface area (Å²) >= 11 is 2.90. The van der Waals surface area contributed by atoms with Gasteiger partial charge in [0.1, 0.15) is 11.1 Å². The smallest absolute Gasteiger partial charge is 0.235 e. The number of carbonyl (C=O) groups excluding carboxylic acids is 1. The number of benzene rings is 1. The van der Waals surface area contributed by atoms with Crippen LogP contribution in [0.2, 0.25) is 0 Å². The molecular weight excluding hydrogens is 450 g/mol. The number of rotatable bonds is 5. The summed E-state index contributed by atoms with van der Waals surface area (Å²) in [7, 11) is 1.91. The Morgan fingerprint density at radius 2 is 2.03 bits per heavy atom. The molecule has 0 spiro atoms. The van der Waals surface area contributed by atoms with Crippen molar-refractivity contribution < 1.29 is 4.79 Å². The third-order valence-corrected chi connectivity index (χ3v) is 8.24. The summed E-state index contributed by atoms with van der Waals surface area (Å²) in [6, 6.07) is 10.7. The largest absolute Gasteiger partial charge is 0.316 e. The second-order valence-electron chi connectivity index (χ2n) is 9.70. The van der Waals surface area contributed by atoms with E-state index in [9.17, 15) is 10.1 Å². The Morgan fingerprint density at radius 3 is 2.70 bits per heavy atom. The lowest BCUT2D eigenvalue weighted by Gasteiger charge is -2.19. The minimum Gasteiger partial charge on any atom is -0.316 e. The maximum absolute atomic E-state index is 12.7. The Kier molecular flexibility index (Phi) is 6.64. The topological polar surface area (TPSA) is 83.6 Å². The van der Waals surface area contributed by atoms with Gasteiger partial charge in [-0.05, 0) is 41.7 Å². The van der Waals surface area contributed by atoms with Gasteiger partial charge in [0, 0.05) is 17.5 Å². The van der Waals surface area contributed by atoms with Gasteiger partial charge in [-0.15, -0.1) is 21.5 Å². The minimum atomic E-state index is -0.137. The van der Waals surface area contributed by atoms with E-state index in [-0.39, 0.29) is 17.1 Å². The van der Waals surface area contributed by atoms with Crippen molar-refractivity contribution in [3.8, 4) is 17.5 Å². The molecule has 3 aromatic rings. The summed E-state index contributed by atoms with van der Waals surface area (Å²) in [5.74, 6) is 1.46. The van der Waals surface area contributed by atoms with Gasteiger partial charge in [-0.2, -0.15) is 5.26 Å². The lowest BCUT2D eigenvalue weighted by molar-refractivity contribution is -0.113. The lowest BCUT2D eigenvalue weighted by atomic mass is 9.87. The van der Waals surface area contributed by atoms with Crippen molar-refractivity contribution in [3.05, 3.63) is 45.8 Å². The number of thioether (sulfide) groups is 1. The van der Waals surface area contributed by atoms with Gasteiger partial charge in [0.05, 0.1) is 11.3 Å². The van der Waals surface area contributed by atoms with Gasteiger partial charge in [0.15, 0.2) is 11.0 Å². The van der Waals surface area contributed by atoms with Gasteiger partial charge in [0.2, 0.25) is 5.91 Å². The molecule has 1 aliphatic rings. The van der Waals surface area contributed by atoms with E-state index < -0.39 is 0 Å². The van der Waals surface area contributed by atoms with Crippen LogP contribution in [0.3, 0.4) is 0 Å². The molecule has 4 rings (SSSR count). The Balaban J connectivity index is 1.42. The molecule has 2 aromatic heterocycles. The van der Waals surface area contributed by atoms with Crippen LogP contribution in [0.5, 0.6) is 0 Å². The van der Waals surface area contributed by atoms with Crippen molar-refractivity contribution in [2.75, 3.05) is 11.1 Å². The van der Waals surface area contributed by atoms with E-state index in [1.54, 1.807) is 11.3 Å². The highest BCUT2D eigenvalue weighted by Crippen LogP contribution is 2.39. The maximum atomic E-state index is 12.7. The number of carbonyl (C=O) groups is 1. The van der Waals surface area contributed by atoms with E-state index in [0.717, 1.165) is 36.2 Å². The Hall–Kier alpha value is -2.63. The summed E-state index contributed by atoms with van der Waals surface area (Å²) in [6.07, 6.45) is 2.99. The molecule has 1 atom stereocenters. The zero-order chi connectivity index (χ0) is 23.8. The third kappa shape index (κ3) is 4.99. The molecule has 0 saturated carbocycles. The van der Waals surface area contributed by atoms with E-state index in [2.05, 4.69) is 73.5 Å². The molecule has 172 valence electrons. The number of nitriles is 1. The van der Waals surface area contributed by atoms with Crippen molar-refractivity contribution in [3.63, 3.8) is 0 Å². The van der Waals surface area contributed by atoms with E-state index in [1.807, 2.05) is 11.6 Å². The predicted molar refractivity (Wildman–Crippen MR) is 135 cm³/mol. The second kappa shape index (κ2) is 9.32. The van der Waals surface area contributed by atoms with Gasteiger partial charge >= 0.3 is 0 Å². The fourth-order valence-corrected chi connectivity index (χ4v) is 6.15. The number of fused-ring (bicyclic) bond motifs is 1. The summed E-state index contributed by atoms with van der Waals surface area (Å²) in [5, 5.41) is 22.6. The highest BCUT2D eigenvalue weighted by Gasteiger charge is 2.25. The maximum Gasteiger partial charge on any atom is 0.235 e. The van der Waals surface area contributed by atoms with Crippen molar-refractivity contribution in [1.82, 2.24) is 14.8 Å². The van der Waals surface area contributed by atoms with Gasteiger partial charge in [-0.1, -0.05) is 63.7 Å². The van der Waals surface area contributed by atoms with E-state index in [4.69, 9.17) is 0 Å². The summed E-state index contributed by atoms with van der Waals surface area (Å²) in [6.45, 7) is 8.80. The van der Waals surface area contributed by atoms with E-state index in [1.165, 1.54) is 22.2 Å². The number of amides is 1. The first-order valence-corrected chi connectivity index (χ1v) is 12.9. The second-order valence-corrected chi connectivity index (χ2v) is 11.7. The van der Waals surface area contributed by atoms with Crippen molar-refractivity contribution >= 4 is 34.0 Å². The third-order valence-electron chi connectivity index (χ3n) is 6.05. The summed E-state index contributed by atoms with van der Waals surface area (Å²) in [4.78, 5) is 13.9. The number of hydrogen-bond donors (Lipinski definition) is 1. The predicted octanol–water partition coefficient (Wildman–Crippen LogP) is 5.57. The molecule has 1 aliphatic carbocycles. The van der Waals surface area contributed by atoms with Crippen molar-refractivity contribution in [1.29, 1.82) is 5.26 Å². The molecule has 1 N–H and O–H groups in total. The van der Waals surface area contributed by atoms with Crippen molar-refractivity contribution in [2.45, 2.75) is 57.5 Å². The highest BCUT2D eigenvalue weighted by atomic mass is 32.2. The average molecular weight is 480 g/mol. The molecule has 0 saturated heterocycles. The van der Waals surface area contributed by atoms with Gasteiger partial charge < -0.3 is 9.88 Å². The van der Waals surface area contributed by atoms with Gasteiger partial charge in [0.25, 0.3) is 0 Å². The average Bonchev–Trinajstić information content (AvgIpc) is 3.30. The molecule has 1 unspecified atom stereocenters. The fourth-order valence-electron chi connectivity index (χ4n) is 4.06. The molecule has 1 amide bonds. The fraction of sp³-hybridized carbons (Fsp3) is 0.440. The van der Waals surface area contributed by atoms with Crippen LogP contribution in [0.1, 0.15) is 55.7 Å². The molecular formula is C25H29N5OS2. The lowest BCUT2D eigenvalue weighted by Crippen LogP contribution is -2.14. The van der Waals surface area contributed by atoms with Crippen LogP contribution >= 0.6 is 23.1 Å². The van der Waals surface area contributed by atoms with Crippen LogP contribution in [0, 0.1) is 17.2 Å². The number of thiophene rings is 1. The highest BCUT2D eigenvalue weighted by molar-refractivity contribution is 7.99. The number of hydrogen-bond acceptors (Lipinski definition) is 6. The summed E-state index contributed by atoms with van der Waals surface area (Å²) in [5.41, 5.74) is 4.12. The number of anilines is 1. The molecule has 33 heavy (non-hydrogen) atoms. The molecule has 0 radical (unpaired) electrons. The first-order valence-electron chi connectivity index (χ1n) is 11.1. The molecule has 1 aromatic carbocycles. The number of aromatic nitrogens is 3. The first kappa shape index (κ1) is 23.5. The standard InChI is InChI=1S/C25H29N5OS2/c1-15-6-11-18-19(13-26)23(33-20(18)12-15)27-21(31)14-32-24-29-28-22(30(24)5)16-7-9-17(10-8-16)25(2,3)4/h7-10,15H,6,11-12,14H2,1-5H3,(H,27,31). The number of nitrogens with zero attached hydrogens (tertiary/aromatic N) is 4. The monoisotopic (exact) mass is 479 g/mol. The van der Waals surface area contributed by atoms with Gasteiger partial charge in [-0.25, -0.2) is 0 Å². The molecule has 0 aliphatic heterocycles. The van der Waals surface area contributed by atoms with Crippen LogP contribution < -0.4 is 5.32 Å². The van der Waals surface area contributed by atoms with E-state index >= 15 is 0 Å². The molecule has 0 fully saturated rings. The van der Waals surface area contributed by atoms with Crippen LogP contribution in [0.25, 0.3) is 11.4 Å². The first-order chi connectivity index (χ1) is 15.7. The normalized spacial score (nSPS) is 15.7.